The Morgan fingerprint density at radius 2 is 1.81 bits per heavy atom. The summed E-state index contributed by atoms with van der Waals surface area (Å²) in [4.78, 5) is 17.8. The maximum absolute atomic E-state index is 13.2. The van der Waals surface area contributed by atoms with Crippen LogP contribution in [-0.2, 0) is 13.0 Å². The zero-order chi connectivity index (χ0) is 18.9. The molecular weight excluding hydrogens is 331 g/mol. The summed E-state index contributed by atoms with van der Waals surface area (Å²) in [6, 6.07) is 14.1. The van der Waals surface area contributed by atoms with Gasteiger partial charge >= 0.3 is 0 Å². The third-order valence-electron chi connectivity index (χ3n) is 3.86. The SMILES string of the molecule is CN=C(NCCc1cccc(C(=O)N(C)C)c1)NCc1cccc(F)c1. The minimum absolute atomic E-state index is 0.00706. The quantitative estimate of drug-likeness (QED) is 0.617. The fourth-order valence-electron chi connectivity index (χ4n) is 2.50. The summed E-state index contributed by atoms with van der Waals surface area (Å²) in [5, 5.41) is 6.38. The molecular formula is C20H25FN4O. The van der Waals surface area contributed by atoms with Crippen molar-refractivity contribution in [2.45, 2.75) is 13.0 Å². The van der Waals surface area contributed by atoms with Gasteiger partial charge in [-0.3, -0.25) is 9.79 Å². The summed E-state index contributed by atoms with van der Waals surface area (Å²) in [6.07, 6.45) is 0.759. The molecule has 0 bridgehead atoms. The molecule has 0 spiro atoms. The number of aliphatic imine (C=N–C) groups is 1. The summed E-state index contributed by atoms with van der Waals surface area (Å²) >= 11 is 0. The molecule has 2 aromatic carbocycles. The zero-order valence-corrected chi connectivity index (χ0v) is 15.4. The highest BCUT2D eigenvalue weighted by Gasteiger charge is 2.08. The molecule has 0 aliphatic rings. The first-order valence-electron chi connectivity index (χ1n) is 8.49. The minimum Gasteiger partial charge on any atom is -0.356 e. The maximum Gasteiger partial charge on any atom is 0.253 e. The monoisotopic (exact) mass is 356 g/mol. The highest BCUT2D eigenvalue weighted by Crippen LogP contribution is 2.08. The first-order chi connectivity index (χ1) is 12.5. The number of hydrogen-bond donors (Lipinski definition) is 2. The van der Waals surface area contributed by atoms with Crippen LogP contribution in [0.25, 0.3) is 0 Å². The molecule has 5 nitrogen and oxygen atoms in total. The highest BCUT2D eigenvalue weighted by molar-refractivity contribution is 5.94. The largest absolute Gasteiger partial charge is 0.356 e. The van der Waals surface area contributed by atoms with Crippen molar-refractivity contribution in [1.29, 1.82) is 0 Å². The van der Waals surface area contributed by atoms with Gasteiger partial charge in [-0.15, -0.1) is 0 Å². The molecule has 0 radical (unpaired) electrons. The van der Waals surface area contributed by atoms with E-state index in [1.165, 1.54) is 12.1 Å². The second-order valence-corrected chi connectivity index (χ2v) is 6.13. The van der Waals surface area contributed by atoms with Crippen molar-refractivity contribution in [3.8, 4) is 0 Å². The Kier molecular flexibility index (Phi) is 7.14. The van der Waals surface area contributed by atoms with Crippen LogP contribution in [0, 0.1) is 5.82 Å². The molecule has 2 aromatic rings. The first kappa shape index (κ1) is 19.4. The number of carbonyl (C=O) groups excluding carboxylic acids is 1. The van der Waals surface area contributed by atoms with Crippen molar-refractivity contribution in [3.05, 3.63) is 71.0 Å². The Balaban J connectivity index is 1.84. The lowest BCUT2D eigenvalue weighted by Gasteiger charge is -2.13. The molecule has 138 valence electrons. The zero-order valence-electron chi connectivity index (χ0n) is 15.4. The Labute approximate surface area is 153 Å². The smallest absolute Gasteiger partial charge is 0.253 e. The fourth-order valence-corrected chi connectivity index (χ4v) is 2.50. The van der Waals surface area contributed by atoms with Crippen LogP contribution in [0.3, 0.4) is 0 Å². The van der Waals surface area contributed by atoms with Gasteiger partial charge in [0.1, 0.15) is 5.82 Å². The van der Waals surface area contributed by atoms with E-state index in [9.17, 15) is 9.18 Å². The van der Waals surface area contributed by atoms with Crippen LogP contribution in [0.4, 0.5) is 4.39 Å². The lowest BCUT2D eigenvalue weighted by molar-refractivity contribution is 0.0827. The number of halogens is 1. The number of nitrogens with one attached hydrogen (secondary N) is 2. The molecule has 0 unspecified atom stereocenters. The van der Waals surface area contributed by atoms with Crippen molar-refractivity contribution in [2.24, 2.45) is 4.99 Å². The number of benzene rings is 2. The lowest BCUT2D eigenvalue weighted by atomic mass is 10.1. The summed E-state index contributed by atoms with van der Waals surface area (Å²) in [5.74, 6) is 0.390. The van der Waals surface area contributed by atoms with Crippen LogP contribution in [0.5, 0.6) is 0 Å². The number of guanidine groups is 1. The van der Waals surface area contributed by atoms with Gasteiger partial charge in [-0.2, -0.15) is 0 Å². The Morgan fingerprint density at radius 1 is 1.08 bits per heavy atom. The average molecular weight is 356 g/mol. The van der Waals surface area contributed by atoms with Gasteiger partial charge in [0.05, 0.1) is 0 Å². The van der Waals surface area contributed by atoms with Gasteiger partial charge in [0.2, 0.25) is 0 Å². The van der Waals surface area contributed by atoms with E-state index < -0.39 is 0 Å². The third-order valence-corrected chi connectivity index (χ3v) is 3.86. The summed E-state index contributed by atoms with van der Waals surface area (Å²) in [7, 11) is 5.17. The molecule has 0 aliphatic heterocycles. The van der Waals surface area contributed by atoms with E-state index in [0.717, 1.165) is 17.5 Å². The third kappa shape index (κ3) is 5.88. The van der Waals surface area contributed by atoms with Gasteiger partial charge in [-0.25, -0.2) is 4.39 Å². The average Bonchev–Trinajstić information content (AvgIpc) is 2.64. The van der Waals surface area contributed by atoms with Crippen molar-refractivity contribution in [3.63, 3.8) is 0 Å². The number of nitrogens with zero attached hydrogens (tertiary/aromatic N) is 2. The van der Waals surface area contributed by atoms with Gasteiger partial charge in [-0.1, -0.05) is 24.3 Å². The first-order valence-corrected chi connectivity index (χ1v) is 8.49. The molecule has 0 aromatic heterocycles. The van der Waals surface area contributed by atoms with Crippen molar-refractivity contribution in [2.75, 3.05) is 27.7 Å². The molecule has 2 N–H and O–H groups in total. The van der Waals surface area contributed by atoms with Crippen LogP contribution in [0.1, 0.15) is 21.5 Å². The summed E-state index contributed by atoms with van der Waals surface area (Å²) in [6.45, 7) is 1.16. The molecule has 1 amide bonds. The van der Waals surface area contributed by atoms with E-state index in [2.05, 4.69) is 15.6 Å². The molecule has 0 heterocycles. The highest BCUT2D eigenvalue weighted by atomic mass is 19.1. The number of amides is 1. The molecule has 0 saturated heterocycles. The van der Waals surface area contributed by atoms with Crippen LogP contribution in [-0.4, -0.2) is 44.5 Å². The van der Waals surface area contributed by atoms with Crippen molar-refractivity contribution in [1.82, 2.24) is 15.5 Å². The maximum atomic E-state index is 13.2. The van der Waals surface area contributed by atoms with Crippen LogP contribution in [0.2, 0.25) is 0 Å². The normalized spacial score (nSPS) is 11.2. The van der Waals surface area contributed by atoms with E-state index >= 15 is 0 Å². The number of rotatable bonds is 6. The minimum atomic E-state index is -0.251. The van der Waals surface area contributed by atoms with Gasteiger partial charge in [0.15, 0.2) is 5.96 Å². The van der Waals surface area contributed by atoms with Crippen LogP contribution in [0.15, 0.2) is 53.5 Å². The summed E-state index contributed by atoms with van der Waals surface area (Å²) in [5.41, 5.74) is 2.61. The number of hydrogen-bond acceptors (Lipinski definition) is 2. The van der Waals surface area contributed by atoms with E-state index in [1.807, 2.05) is 30.3 Å². The second-order valence-electron chi connectivity index (χ2n) is 6.13. The molecule has 0 saturated carbocycles. The van der Waals surface area contributed by atoms with Crippen molar-refractivity contribution >= 4 is 11.9 Å². The number of carbonyl (C=O) groups is 1. The van der Waals surface area contributed by atoms with E-state index in [1.54, 1.807) is 32.1 Å². The topological polar surface area (TPSA) is 56.7 Å². The van der Waals surface area contributed by atoms with Gasteiger partial charge < -0.3 is 15.5 Å². The van der Waals surface area contributed by atoms with E-state index in [-0.39, 0.29) is 11.7 Å². The molecule has 2 rings (SSSR count). The fraction of sp³-hybridized carbons (Fsp3) is 0.300. The van der Waals surface area contributed by atoms with Crippen molar-refractivity contribution < 1.29 is 9.18 Å². The molecule has 0 atom stereocenters. The molecule has 0 aliphatic carbocycles. The Morgan fingerprint density at radius 3 is 2.50 bits per heavy atom. The predicted molar refractivity (Wildman–Crippen MR) is 103 cm³/mol. The standard InChI is InChI=1S/C20H25FN4O/c1-22-20(24-14-16-7-5-9-18(21)13-16)23-11-10-15-6-4-8-17(12-15)19(26)25(2)3/h4-9,12-13H,10-11,14H2,1-3H3,(H2,22,23,24). The predicted octanol–water partition coefficient (Wildman–Crippen LogP) is 2.44. The molecule has 0 fully saturated rings. The molecule has 6 heteroatoms. The molecule has 26 heavy (non-hydrogen) atoms. The second kappa shape index (κ2) is 9.56. The van der Waals surface area contributed by atoms with E-state index in [0.29, 0.717) is 24.6 Å². The van der Waals surface area contributed by atoms with E-state index in [4.69, 9.17) is 0 Å². The Bertz CT molecular complexity index is 774. The van der Waals surface area contributed by atoms with Gasteiger partial charge in [0.25, 0.3) is 5.91 Å². The van der Waals surface area contributed by atoms with Crippen LogP contribution >= 0.6 is 0 Å². The lowest BCUT2D eigenvalue weighted by Crippen LogP contribution is -2.37. The summed E-state index contributed by atoms with van der Waals surface area (Å²) < 4.78 is 13.2. The van der Waals surface area contributed by atoms with Gasteiger partial charge in [-0.05, 0) is 41.8 Å². The Hall–Kier alpha value is -2.89. The van der Waals surface area contributed by atoms with Gasteiger partial charge in [0, 0.05) is 39.8 Å². The van der Waals surface area contributed by atoms with Crippen LogP contribution < -0.4 is 10.6 Å².